The zero-order valence-electron chi connectivity index (χ0n) is 6.71. The first-order valence-corrected chi connectivity index (χ1v) is 3.98. The molecule has 1 saturated heterocycles. The molecule has 1 fully saturated rings. The molecule has 2 heteroatoms. The first-order chi connectivity index (χ1) is 5.33. The zero-order chi connectivity index (χ0) is 8.16. The standard InChI is InChI=1S/C9H14O2/c1-2-3-4-9(7-10)5-6-11-8-9/h2,7H,1,3-6,8H2. The minimum absolute atomic E-state index is 0.186. The first-order valence-electron chi connectivity index (χ1n) is 3.98. The Labute approximate surface area is 67.2 Å². The second kappa shape index (κ2) is 3.67. The van der Waals surface area contributed by atoms with E-state index in [0.717, 1.165) is 32.2 Å². The number of rotatable bonds is 4. The number of hydrogen-bond acceptors (Lipinski definition) is 2. The average molecular weight is 154 g/mol. The summed E-state index contributed by atoms with van der Waals surface area (Å²) >= 11 is 0. The Morgan fingerprint density at radius 3 is 2.91 bits per heavy atom. The van der Waals surface area contributed by atoms with Crippen molar-refractivity contribution in [2.75, 3.05) is 13.2 Å². The summed E-state index contributed by atoms with van der Waals surface area (Å²) in [6, 6.07) is 0. The van der Waals surface area contributed by atoms with Crippen molar-refractivity contribution in [3.63, 3.8) is 0 Å². The van der Waals surface area contributed by atoms with Crippen LogP contribution >= 0.6 is 0 Å². The quantitative estimate of drug-likeness (QED) is 0.453. The highest BCUT2D eigenvalue weighted by Gasteiger charge is 2.33. The third-order valence-electron chi connectivity index (χ3n) is 2.23. The zero-order valence-corrected chi connectivity index (χ0v) is 6.71. The summed E-state index contributed by atoms with van der Waals surface area (Å²) < 4.78 is 5.18. The molecule has 0 aromatic rings. The number of aldehydes is 1. The minimum Gasteiger partial charge on any atom is -0.380 e. The van der Waals surface area contributed by atoms with Crippen molar-refractivity contribution in [1.82, 2.24) is 0 Å². The van der Waals surface area contributed by atoms with Gasteiger partial charge < -0.3 is 9.53 Å². The second-order valence-electron chi connectivity index (χ2n) is 3.11. The van der Waals surface area contributed by atoms with Gasteiger partial charge in [0.15, 0.2) is 0 Å². The molecule has 62 valence electrons. The molecule has 2 nitrogen and oxygen atoms in total. The molecule has 0 aliphatic carbocycles. The van der Waals surface area contributed by atoms with Gasteiger partial charge in [-0.25, -0.2) is 0 Å². The van der Waals surface area contributed by atoms with E-state index in [-0.39, 0.29) is 5.41 Å². The summed E-state index contributed by atoms with van der Waals surface area (Å²) in [5.74, 6) is 0. The van der Waals surface area contributed by atoms with Crippen molar-refractivity contribution in [1.29, 1.82) is 0 Å². The molecule has 0 spiro atoms. The predicted molar refractivity (Wildman–Crippen MR) is 43.4 cm³/mol. The largest absolute Gasteiger partial charge is 0.380 e. The van der Waals surface area contributed by atoms with Crippen molar-refractivity contribution >= 4 is 6.29 Å². The molecule has 0 saturated carbocycles. The third kappa shape index (κ3) is 1.90. The normalized spacial score (nSPS) is 30.2. The van der Waals surface area contributed by atoms with Gasteiger partial charge >= 0.3 is 0 Å². The summed E-state index contributed by atoms with van der Waals surface area (Å²) in [5, 5.41) is 0. The fourth-order valence-electron chi connectivity index (χ4n) is 1.36. The van der Waals surface area contributed by atoms with E-state index in [2.05, 4.69) is 6.58 Å². The van der Waals surface area contributed by atoms with Gasteiger partial charge in [-0.2, -0.15) is 0 Å². The Bertz CT molecular complexity index is 146. The van der Waals surface area contributed by atoms with E-state index in [0.29, 0.717) is 6.61 Å². The second-order valence-corrected chi connectivity index (χ2v) is 3.11. The maximum absolute atomic E-state index is 10.7. The Balaban J connectivity index is 2.45. The molecule has 1 heterocycles. The summed E-state index contributed by atoms with van der Waals surface area (Å²) in [6.45, 7) is 4.96. The first kappa shape index (κ1) is 8.47. The predicted octanol–water partition coefficient (Wildman–Crippen LogP) is 1.56. The van der Waals surface area contributed by atoms with Gasteiger partial charge in [-0.1, -0.05) is 6.08 Å². The summed E-state index contributed by atoms with van der Waals surface area (Å²) in [5.41, 5.74) is -0.186. The van der Waals surface area contributed by atoms with E-state index >= 15 is 0 Å². The number of allylic oxidation sites excluding steroid dienone is 1. The maximum atomic E-state index is 10.7. The van der Waals surface area contributed by atoms with Crippen LogP contribution in [0.3, 0.4) is 0 Å². The molecule has 1 aliphatic heterocycles. The lowest BCUT2D eigenvalue weighted by molar-refractivity contribution is -0.116. The average Bonchev–Trinajstić information content (AvgIpc) is 2.50. The van der Waals surface area contributed by atoms with Gasteiger partial charge in [-0.3, -0.25) is 0 Å². The molecular formula is C9H14O2. The van der Waals surface area contributed by atoms with Crippen LogP contribution in [0, 0.1) is 5.41 Å². The lowest BCUT2D eigenvalue weighted by Crippen LogP contribution is -2.22. The van der Waals surface area contributed by atoms with E-state index in [9.17, 15) is 4.79 Å². The molecule has 0 bridgehead atoms. The number of hydrogen-bond donors (Lipinski definition) is 0. The summed E-state index contributed by atoms with van der Waals surface area (Å²) in [7, 11) is 0. The van der Waals surface area contributed by atoms with Crippen LogP contribution in [0.25, 0.3) is 0 Å². The van der Waals surface area contributed by atoms with Crippen LogP contribution in [0.15, 0.2) is 12.7 Å². The Kier molecular flexibility index (Phi) is 2.83. The Morgan fingerprint density at radius 2 is 2.45 bits per heavy atom. The van der Waals surface area contributed by atoms with E-state index < -0.39 is 0 Å². The smallest absolute Gasteiger partial charge is 0.128 e. The van der Waals surface area contributed by atoms with Gasteiger partial charge in [0, 0.05) is 6.61 Å². The van der Waals surface area contributed by atoms with Crippen molar-refractivity contribution in [2.45, 2.75) is 19.3 Å². The molecule has 0 aromatic carbocycles. The summed E-state index contributed by atoms with van der Waals surface area (Å²) in [6.07, 6.45) is 5.57. The fourth-order valence-corrected chi connectivity index (χ4v) is 1.36. The van der Waals surface area contributed by atoms with Crippen molar-refractivity contribution in [2.24, 2.45) is 5.41 Å². The third-order valence-corrected chi connectivity index (χ3v) is 2.23. The van der Waals surface area contributed by atoms with E-state index in [1.54, 1.807) is 0 Å². The summed E-state index contributed by atoms with van der Waals surface area (Å²) in [4.78, 5) is 10.7. The van der Waals surface area contributed by atoms with Gasteiger partial charge in [0.05, 0.1) is 12.0 Å². The van der Waals surface area contributed by atoms with Crippen LogP contribution in [-0.2, 0) is 9.53 Å². The van der Waals surface area contributed by atoms with Gasteiger partial charge in [0.25, 0.3) is 0 Å². The molecule has 1 aliphatic rings. The molecule has 0 radical (unpaired) electrons. The Hall–Kier alpha value is -0.630. The number of ether oxygens (including phenoxy) is 1. The van der Waals surface area contributed by atoms with Gasteiger partial charge in [0.1, 0.15) is 6.29 Å². The van der Waals surface area contributed by atoms with Crippen molar-refractivity contribution in [3.8, 4) is 0 Å². The van der Waals surface area contributed by atoms with Crippen LogP contribution in [0.4, 0.5) is 0 Å². The molecular weight excluding hydrogens is 140 g/mol. The van der Waals surface area contributed by atoms with Gasteiger partial charge in [0.2, 0.25) is 0 Å². The lowest BCUT2D eigenvalue weighted by atomic mass is 9.84. The molecule has 1 atom stereocenters. The van der Waals surface area contributed by atoms with E-state index in [4.69, 9.17) is 4.74 Å². The van der Waals surface area contributed by atoms with E-state index in [1.165, 1.54) is 0 Å². The molecule has 11 heavy (non-hydrogen) atoms. The monoisotopic (exact) mass is 154 g/mol. The van der Waals surface area contributed by atoms with Crippen LogP contribution in [0.2, 0.25) is 0 Å². The highest BCUT2D eigenvalue weighted by atomic mass is 16.5. The van der Waals surface area contributed by atoms with Crippen molar-refractivity contribution in [3.05, 3.63) is 12.7 Å². The highest BCUT2D eigenvalue weighted by molar-refractivity contribution is 5.60. The number of carbonyl (C=O) groups excluding carboxylic acids is 1. The lowest BCUT2D eigenvalue weighted by Gasteiger charge is -2.17. The van der Waals surface area contributed by atoms with Crippen LogP contribution in [0.5, 0.6) is 0 Å². The SMILES string of the molecule is C=CCCC1(C=O)CCOC1. The minimum atomic E-state index is -0.186. The van der Waals surface area contributed by atoms with E-state index in [1.807, 2.05) is 6.08 Å². The van der Waals surface area contributed by atoms with Crippen molar-refractivity contribution < 1.29 is 9.53 Å². The fraction of sp³-hybridized carbons (Fsp3) is 0.667. The molecule has 0 amide bonds. The Morgan fingerprint density at radius 1 is 1.64 bits per heavy atom. The molecule has 0 aromatic heterocycles. The molecule has 0 N–H and O–H groups in total. The maximum Gasteiger partial charge on any atom is 0.128 e. The van der Waals surface area contributed by atoms with Gasteiger partial charge in [-0.05, 0) is 19.3 Å². The number of carbonyl (C=O) groups is 1. The highest BCUT2D eigenvalue weighted by Crippen LogP contribution is 2.31. The topological polar surface area (TPSA) is 26.3 Å². The van der Waals surface area contributed by atoms with Crippen LogP contribution in [0.1, 0.15) is 19.3 Å². The molecule has 1 unspecified atom stereocenters. The van der Waals surface area contributed by atoms with Crippen LogP contribution in [-0.4, -0.2) is 19.5 Å². The van der Waals surface area contributed by atoms with Gasteiger partial charge in [-0.15, -0.1) is 6.58 Å². The van der Waals surface area contributed by atoms with Crippen LogP contribution < -0.4 is 0 Å². The molecule has 1 rings (SSSR count).